The number of hydrogen-bond acceptors (Lipinski definition) is 11. The fraction of sp³-hybridized carbons (Fsp3) is 0.529. The van der Waals surface area contributed by atoms with Crippen molar-refractivity contribution in [2.45, 2.75) is 137 Å². The summed E-state index contributed by atoms with van der Waals surface area (Å²) in [4.78, 5) is 113. The highest BCUT2D eigenvalue weighted by atomic mass is 16.6. The summed E-state index contributed by atoms with van der Waals surface area (Å²) in [6, 6.07) is 12.7. The van der Waals surface area contributed by atoms with E-state index in [0.717, 1.165) is 10.5 Å². The minimum atomic E-state index is -1.31. The largest absolute Gasteiger partial charge is 0.458 e. The van der Waals surface area contributed by atoms with Crippen molar-refractivity contribution >= 4 is 47.4 Å². The molecule has 0 bridgehead atoms. The van der Waals surface area contributed by atoms with Gasteiger partial charge >= 0.3 is 17.9 Å². The molecule has 2 aromatic carbocycles. The number of carbonyl (C=O) groups excluding carboxylic acids is 8. The number of nitrogens with one attached hydrogen (secondary N) is 3. The number of esters is 3. The van der Waals surface area contributed by atoms with E-state index < -0.39 is 108 Å². The molecular weight excluding hydrogens is 859 g/mol. The van der Waals surface area contributed by atoms with Crippen LogP contribution < -0.4 is 16.0 Å². The Morgan fingerprint density at radius 1 is 0.836 bits per heavy atom. The minimum absolute atomic E-state index is 0.0364. The maximum Gasteiger partial charge on any atom is 0.338 e. The van der Waals surface area contributed by atoms with Crippen molar-refractivity contribution in [1.29, 1.82) is 0 Å². The Bertz CT molecular complexity index is 2110. The van der Waals surface area contributed by atoms with Crippen molar-refractivity contribution in [2.75, 3.05) is 20.6 Å². The summed E-state index contributed by atoms with van der Waals surface area (Å²) >= 11 is 0. The molecule has 0 aliphatic carbocycles. The quantitative estimate of drug-likeness (QED) is 0.171. The van der Waals surface area contributed by atoms with E-state index in [1.165, 1.54) is 45.8 Å². The van der Waals surface area contributed by atoms with Crippen LogP contribution in [0.2, 0.25) is 0 Å². The molecule has 0 spiro atoms. The zero-order valence-corrected chi connectivity index (χ0v) is 41.1. The predicted octanol–water partition coefficient (Wildman–Crippen LogP) is 5.10. The van der Waals surface area contributed by atoms with E-state index in [9.17, 15) is 38.4 Å². The van der Waals surface area contributed by atoms with Crippen LogP contribution in [0.1, 0.15) is 104 Å². The fourth-order valence-corrected chi connectivity index (χ4v) is 7.47. The molecule has 1 aliphatic rings. The highest BCUT2D eigenvalue weighted by Gasteiger charge is 2.37. The van der Waals surface area contributed by atoms with Gasteiger partial charge in [0.25, 0.3) is 5.91 Å². The second-order valence-electron chi connectivity index (χ2n) is 17.9. The highest BCUT2D eigenvalue weighted by Crippen LogP contribution is 2.27. The average Bonchev–Trinajstić information content (AvgIpc) is 3.30. The van der Waals surface area contributed by atoms with Crippen LogP contribution in [-0.4, -0.2) is 120 Å². The lowest BCUT2D eigenvalue weighted by Gasteiger charge is -2.33. The molecule has 0 aromatic heterocycles. The number of nitrogens with zero attached hydrogens (tertiary/aromatic N) is 2. The lowest BCUT2D eigenvalue weighted by molar-refractivity contribution is -0.155. The summed E-state index contributed by atoms with van der Waals surface area (Å²) in [5.41, 5.74) is 1.71. The van der Waals surface area contributed by atoms with Gasteiger partial charge in [-0.15, -0.1) is 0 Å². The van der Waals surface area contributed by atoms with Crippen LogP contribution in [0, 0.1) is 17.8 Å². The van der Waals surface area contributed by atoms with Crippen LogP contribution in [0.25, 0.3) is 0 Å². The molecule has 366 valence electrons. The standard InChI is InChI=1S/C51H71N5O11/c1-13-31(5)43-46(59)53-36(10)50(63)67-44(32(6)14-2)34(8)40(65-51(64)38-23-19-16-20-24-38)26-25-33(7)49(62)66-41(27-30(3)4)45(58)52-35(9)47(60)56(12)39(28-37-21-17-15-18-22-37)48(61)55(11)29-42(57)54-43/h14-25,30-31,34-36,39-41,43-44H,13,26-29H2,1-12H3,(H,52,58)(H,53,59)(H,54,57)/b32-14+,33-25+/t31-,34-,35-,36+,39+,40-,41+,43-,44+/m0/s1. The van der Waals surface area contributed by atoms with Gasteiger partial charge in [0, 0.05) is 38.4 Å². The van der Waals surface area contributed by atoms with Crippen LogP contribution in [0.3, 0.4) is 0 Å². The van der Waals surface area contributed by atoms with Gasteiger partial charge in [0.2, 0.25) is 23.6 Å². The van der Waals surface area contributed by atoms with Crippen molar-refractivity contribution in [3.63, 3.8) is 0 Å². The highest BCUT2D eigenvalue weighted by molar-refractivity contribution is 5.96. The number of ether oxygens (including phenoxy) is 3. The van der Waals surface area contributed by atoms with Crippen LogP contribution in [-0.2, 0) is 54.2 Å². The van der Waals surface area contributed by atoms with Gasteiger partial charge < -0.3 is 40.0 Å². The van der Waals surface area contributed by atoms with E-state index >= 15 is 0 Å². The van der Waals surface area contributed by atoms with Crippen molar-refractivity contribution in [3.05, 3.63) is 95.1 Å². The Hall–Kier alpha value is -6.32. The summed E-state index contributed by atoms with van der Waals surface area (Å²) in [7, 11) is 2.84. The average molecular weight is 930 g/mol. The van der Waals surface area contributed by atoms with Gasteiger partial charge in [-0.1, -0.05) is 102 Å². The van der Waals surface area contributed by atoms with Gasteiger partial charge in [-0.2, -0.15) is 0 Å². The van der Waals surface area contributed by atoms with E-state index in [2.05, 4.69) is 16.0 Å². The van der Waals surface area contributed by atoms with Gasteiger partial charge in [0.1, 0.15) is 36.4 Å². The van der Waals surface area contributed by atoms with Crippen LogP contribution in [0.5, 0.6) is 0 Å². The molecule has 0 fully saturated rings. The van der Waals surface area contributed by atoms with E-state index in [1.54, 1.807) is 88.4 Å². The fourth-order valence-electron chi connectivity index (χ4n) is 7.47. The molecule has 0 saturated carbocycles. The van der Waals surface area contributed by atoms with Crippen molar-refractivity contribution < 1.29 is 52.6 Å². The molecule has 5 amide bonds. The maximum atomic E-state index is 14.2. The summed E-state index contributed by atoms with van der Waals surface area (Å²) in [6.07, 6.45) is 0.623. The van der Waals surface area contributed by atoms with Crippen LogP contribution in [0.4, 0.5) is 0 Å². The van der Waals surface area contributed by atoms with Gasteiger partial charge in [0.15, 0.2) is 6.10 Å². The maximum absolute atomic E-state index is 14.2. The number of carbonyl (C=O) groups is 8. The smallest absolute Gasteiger partial charge is 0.338 e. The molecule has 16 nitrogen and oxygen atoms in total. The molecule has 9 atom stereocenters. The number of benzene rings is 2. The van der Waals surface area contributed by atoms with E-state index in [0.29, 0.717) is 12.0 Å². The summed E-state index contributed by atoms with van der Waals surface area (Å²) in [6.45, 7) is 16.5. The third-order valence-corrected chi connectivity index (χ3v) is 12.1. The SMILES string of the molecule is C/C=C(\C)[C@H]1OC(=O)[C@@H](C)NC(=O)[C@H]([C@@H](C)CC)NC(=O)CN(C)C(=O)[C@@H](Cc2ccccc2)N(C)C(=O)[C@H](C)NC(=O)[C@@H](CC(C)C)OC(=O)/C(C)=C/C[C@H](OC(=O)c2ccccc2)[C@@H]1C. The third-order valence-electron chi connectivity index (χ3n) is 12.1. The van der Waals surface area contributed by atoms with E-state index in [1.807, 2.05) is 26.8 Å². The number of amides is 5. The van der Waals surface area contributed by atoms with Crippen molar-refractivity contribution in [3.8, 4) is 0 Å². The van der Waals surface area contributed by atoms with E-state index in [-0.39, 0.29) is 36.3 Å². The number of likely N-dealkylation sites (N-methyl/N-ethyl adjacent to an activating group) is 2. The van der Waals surface area contributed by atoms with Gasteiger partial charge in [-0.25, -0.2) is 14.4 Å². The first-order chi connectivity index (χ1) is 31.6. The van der Waals surface area contributed by atoms with Crippen LogP contribution >= 0.6 is 0 Å². The summed E-state index contributed by atoms with van der Waals surface area (Å²) in [5.74, 6) is -6.77. The lowest BCUT2D eigenvalue weighted by Crippen LogP contribution is -2.57. The Labute approximate surface area is 395 Å². The number of rotatable bonds is 9. The minimum Gasteiger partial charge on any atom is -0.458 e. The Kier molecular flexibility index (Phi) is 21.5. The summed E-state index contributed by atoms with van der Waals surface area (Å²) in [5, 5.41) is 8.10. The zero-order chi connectivity index (χ0) is 50.1. The second kappa shape index (κ2) is 26.1. The monoisotopic (exact) mass is 930 g/mol. The normalized spacial score (nSPS) is 26.6. The van der Waals surface area contributed by atoms with Gasteiger partial charge in [-0.3, -0.25) is 24.0 Å². The molecule has 0 radical (unpaired) electrons. The molecule has 16 heteroatoms. The number of allylic oxidation sites excluding steroid dienone is 1. The predicted molar refractivity (Wildman–Crippen MR) is 253 cm³/mol. The topological polar surface area (TPSA) is 207 Å². The van der Waals surface area contributed by atoms with Gasteiger partial charge in [0.05, 0.1) is 12.1 Å². The van der Waals surface area contributed by atoms with E-state index in [4.69, 9.17) is 14.2 Å². The molecule has 2 aromatic rings. The molecular formula is C51H71N5O11. The molecule has 0 saturated heterocycles. The summed E-state index contributed by atoms with van der Waals surface area (Å²) < 4.78 is 17.9. The molecule has 1 heterocycles. The molecule has 3 N–H and O–H groups in total. The first kappa shape index (κ1) is 55.0. The first-order valence-electron chi connectivity index (χ1n) is 23.0. The number of hydrogen-bond donors (Lipinski definition) is 3. The lowest BCUT2D eigenvalue weighted by atomic mass is 9.90. The first-order valence-corrected chi connectivity index (χ1v) is 23.0. The molecule has 3 rings (SSSR count). The Balaban J connectivity index is 2.13. The Morgan fingerprint density at radius 2 is 1.43 bits per heavy atom. The zero-order valence-electron chi connectivity index (χ0n) is 41.1. The van der Waals surface area contributed by atoms with Crippen LogP contribution in [0.15, 0.2) is 84.0 Å². The molecule has 67 heavy (non-hydrogen) atoms. The van der Waals surface area contributed by atoms with Crippen molar-refractivity contribution in [1.82, 2.24) is 25.8 Å². The van der Waals surface area contributed by atoms with Crippen molar-refractivity contribution in [2.24, 2.45) is 17.8 Å². The second-order valence-corrected chi connectivity index (χ2v) is 17.9. The molecule has 1 aliphatic heterocycles. The molecule has 0 unspecified atom stereocenters. The number of cyclic esters (lactones) is 2. The van der Waals surface area contributed by atoms with Gasteiger partial charge in [-0.05, 0) is 76.1 Å². The third kappa shape index (κ3) is 16.2. The Morgan fingerprint density at radius 3 is 2.01 bits per heavy atom.